The predicted molar refractivity (Wildman–Crippen MR) is 92.3 cm³/mol. The zero-order valence-corrected chi connectivity index (χ0v) is 15.0. The third-order valence-electron chi connectivity index (χ3n) is 5.39. The topological polar surface area (TPSA) is 17.8 Å². The summed E-state index contributed by atoms with van der Waals surface area (Å²) in [5.74, 6) is 0.865. The van der Waals surface area contributed by atoms with Gasteiger partial charge in [-0.05, 0) is 36.2 Å². The first-order valence-corrected chi connectivity index (χ1v) is 8.62. The summed E-state index contributed by atoms with van der Waals surface area (Å²) in [7, 11) is 0. The molecule has 0 aliphatic heterocycles. The van der Waals surface area contributed by atoms with E-state index in [1.165, 1.54) is 12.5 Å². The van der Waals surface area contributed by atoms with Crippen molar-refractivity contribution in [2.24, 2.45) is 17.3 Å². The fraction of sp³-hybridized carbons (Fsp3) is 0.588. The van der Waals surface area contributed by atoms with Crippen molar-refractivity contribution in [3.8, 4) is 0 Å². The SMILES string of the molecule is CC(C)C1CCC(n2c(S)nc3cc(Cl)c(F)cc32)C1(C)C. The number of hydrogen-bond acceptors (Lipinski definition) is 2. The molecule has 2 aromatic rings. The molecule has 1 aromatic carbocycles. The van der Waals surface area contributed by atoms with Crippen LogP contribution in [-0.2, 0) is 0 Å². The second-order valence-electron chi connectivity index (χ2n) is 7.30. The number of rotatable bonds is 2. The van der Waals surface area contributed by atoms with Crippen molar-refractivity contribution in [1.29, 1.82) is 0 Å². The van der Waals surface area contributed by atoms with E-state index in [-0.39, 0.29) is 16.5 Å². The fourth-order valence-electron chi connectivity index (χ4n) is 4.37. The van der Waals surface area contributed by atoms with Gasteiger partial charge in [0.1, 0.15) is 5.82 Å². The van der Waals surface area contributed by atoms with E-state index in [2.05, 4.69) is 49.9 Å². The minimum Gasteiger partial charge on any atom is -0.315 e. The number of imidazole rings is 1. The molecule has 2 nitrogen and oxygen atoms in total. The lowest BCUT2D eigenvalue weighted by molar-refractivity contribution is 0.146. The summed E-state index contributed by atoms with van der Waals surface area (Å²) < 4.78 is 16.0. The zero-order chi connectivity index (χ0) is 16.2. The van der Waals surface area contributed by atoms with E-state index >= 15 is 0 Å². The lowest BCUT2D eigenvalue weighted by Gasteiger charge is -2.36. The Labute approximate surface area is 141 Å². The number of nitrogens with zero attached hydrogens (tertiary/aromatic N) is 2. The van der Waals surface area contributed by atoms with Gasteiger partial charge < -0.3 is 4.57 Å². The van der Waals surface area contributed by atoms with Gasteiger partial charge in [-0.1, -0.05) is 39.3 Å². The van der Waals surface area contributed by atoms with E-state index in [0.29, 0.717) is 22.5 Å². The van der Waals surface area contributed by atoms with Gasteiger partial charge in [-0.15, -0.1) is 12.6 Å². The fourth-order valence-corrected chi connectivity index (χ4v) is 4.88. The zero-order valence-electron chi connectivity index (χ0n) is 13.4. The molecular formula is C17H22ClFN2S. The first-order chi connectivity index (χ1) is 10.2. The first kappa shape index (κ1) is 16.1. The smallest absolute Gasteiger partial charge is 0.166 e. The number of fused-ring (bicyclic) bond motifs is 1. The normalized spacial score (nSPS) is 24.5. The molecule has 1 saturated carbocycles. The molecule has 1 aliphatic rings. The molecule has 120 valence electrons. The molecule has 1 aliphatic carbocycles. The van der Waals surface area contributed by atoms with E-state index in [1.807, 2.05) is 0 Å². The quantitative estimate of drug-likeness (QED) is 0.689. The Hall–Kier alpha value is -0.740. The first-order valence-electron chi connectivity index (χ1n) is 7.79. The highest BCUT2D eigenvalue weighted by Crippen LogP contribution is 2.54. The van der Waals surface area contributed by atoms with Crippen LogP contribution in [0, 0.1) is 23.1 Å². The Kier molecular flexibility index (Phi) is 3.97. The highest BCUT2D eigenvalue weighted by atomic mass is 35.5. The summed E-state index contributed by atoms with van der Waals surface area (Å²) in [5.41, 5.74) is 1.62. The summed E-state index contributed by atoms with van der Waals surface area (Å²) in [5, 5.41) is 0.746. The highest BCUT2D eigenvalue weighted by Gasteiger charge is 2.46. The molecule has 0 bridgehead atoms. The predicted octanol–water partition coefficient (Wildman–Crippen LogP) is 5.75. The van der Waals surface area contributed by atoms with Crippen molar-refractivity contribution >= 4 is 35.3 Å². The lowest BCUT2D eigenvalue weighted by Crippen LogP contribution is -2.30. The molecule has 2 unspecified atom stereocenters. The van der Waals surface area contributed by atoms with Crippen LogP contribution in [-0.4, -0.2) is 9.55 Å². The van der Waals surface area contributed by atoms with E-state index in [9.17, 15) is 4.39 Å². The van der Waals surface area contributed by atoms with Crippen molar-refractivity contribution in [2.75, 3.05) is 0 Å². The van der Waals surface area contributed by atoms with Crippen LogP contribution in [0.2, 0.25) is 5.02 Å². The third kappa shape index (κ3) is 2.35. The second kappa shape index (κ2) is 5.41. The van der Waals surface area contributed by atoms with Gasteiger partial charge in [0.15, 0.2) is 5.16 Å². The molecule has 0 radical (unpaired) electrons. The highest BCUT2D eigenvalue weighted by molar-refractivity contribution is 7.80. The van der Waals surface area contributed by atoms with E-state index < -0.39 is 5.82 Å². The number of thiol groups is 1. The monoisotopic (exact) mass is 340 g/mol. The Morgan fingerprint density at radius 2 is 2.05 bits per heavy atom. The van der Waals surface area contributed by atoms with Crippen LogP contribution >= 0.6 is 24.2 Å². The van der Waals surface area contributed by atoms with Crippen LogP contribution in [0.3, 0.4) is 0 Å². The molecule has 5 heteroatoms. The number of halogens is 2. The number of hydrogen-bond donors (Lipinski definition) is 1. The van der Waals surface area contributed by atoms with E-state index in [0.717, 1.165) is 11.9 Å². The summed E-state index contributed by atoms with van der Waals surface area (Å²) in [6.45, 7) is 9.17. The molecule has 1 heterocycles. The second-order valence-corrected chi connectivity index (χ2v) is 8.11. The Bertz CT molecular complexity index is 723. The molecule has 2 atom stereocenters. The van der Waals surface area contributed by atoms with Gasteiger partial charge in [-0.2, -0.15) is 0 Å². The van der Waals surface area contributed by atoms with Crippen molar-refractivity contribution in [3.63, 3.8) is 0 Å². The van der Waals surface area contributed by atoms with Crippen LogP contribution < -0.4 is 0 Å². The van der Waals surface area contributed by atoms with E-state index in [1.54, 1.807) is 6.07 Å². The molecular weight excluding hydrogens is 319 g/mol. The van der Waals surface area contributed by atoms with Crippen molar-refractivity contribution < 1.29 is 4.39 Å². The minimum atomic E-state index is -0.403. The summed E-state index contributed by atoms with van der Waals surface area (Å²) in [6, 6.07) is 3.35. The average molecular weight is 341 g/mol. The standard InChI is InChI=1S/C17H22ClFN2S/c1-9(2)10-5-6-15(17(10,3)4)21-14-8-12(19)11(18)7-13(14)20-16(21)22/h7-10,15H,5-6H2,1-4H3,(H,20,22). The maximum absolute atomic E-state index is 13.9. The molecule has 3 rings (SSSR count). The Morgan fingerprint density at radius 3 is 2.64 bits per heavy atom. The van der Waals surface area contributed by atoms with Crippen LogP contribution in [0.25, 0.3) is 11.0 Å². The largest absolute Gasteiger partial charge is 0.315 e. The van der Waals surface area contributed by atoms with Crippen molar-refractivity contribution in [1.82, 2.24) is 9.55 Å². The molecule has 1 aromatic heterocycles. The lowest BCUT2D eigenvalue weighted by atomic mass is 9.73. The molecule has 1 fully saturated rings. The van der Waals surface area contributed by atoms with Crippen LogP contribution in [0.1, 0.15) is 46.6 Å². The van der Waals surface area contributed by atoms with Gasteiger partial charge in [0.2, 0.25) is 0 Å². The van der Waals surface area contributed by atoms with Crippen LogP contribution in [0.4, 0.5) is 4.39 Å². The summed E-state index contributed by atoms with van der Waals surface area (Å²) in [6.07, 6.45) is 2.25. The number of aromatic nitrogens is 2. The molecule has 0 spiro atoms. The molecule has 0 N–H and O–H groups in total. The summed E-state index contributed by atoms with van der Waals surface area (Å²) >= 11 is 10.4. The maximum atomic E-state index is 13.9. The molecule has 0 amide bonds. The van der Waals surface area contributed by atoms with Gasteiger partial charge in [0, 0.05) is 12.1 Å². The maximum Gasteiger partial charge on any atom is 0.166 e. The Balaban J connectivity index is 2.15. The average Bonchev–Trinajstić information content (AvgIpc) is 2.86. The Morgan fingerprint density at radius 1 is 1.36 bits per heavy atom. The van der Waals surface area contributed by atoms with Gasteiger partial charge in [-0.25, -0.2) is 9.37 Å². The molecule has 22 heavy (non-hydrogen) atoms. The van der Waals surface area contributed by atoms with Gasteiger partial charge in [0.05, 0.1) is 16.1 Å². The third-order valence-corrected chi connectivity index (χ3v) is 6.00. The minimum absolute atomic E-state index is 0.108. The number of benzene rings is 1. The van der Waals surface area contributed by atoms with Gasteiger partial charge in [-0.3, -0.25) is 0 Å². The van der Waals surface area contributed by atoms with Crippen LogP contribution in [0.15, 0.2) is 17.3 Å². The molecule has 0 saturated heterocycles. The van der Waals surface area contributed by atoms with E-state index in [4.69, 9.17) is 11.6 Å². The van der Waals surface area contributed by atoms with Crippen molar-refractivity contribution in [3.05, 3.63) is 23.0 Å². The van der Waals surface area contributed by atoms with Gasteiger partial charge in [0.25, 0.3) is 0 Å². The van der Waals surface area contributed by atoms with Crippen LogP contribution in [0.5, 0.6) is 0 Å². The van der Waals surface area contributed by atoms with Gasteiger partial charge >= 0.3 is 0 Å². The summed E-state index contributed by atoms with van der Waals surface area (Å²) in [4.78, 5) is 4.47. The van der Waals surface area contributed by atoms with Crippen molar-refractivity contribution in [2.45, 2.75) is 51.7 Å².